The molecule has 2 aromatic carbocycles. The third-order valence-electron chi connectivity index (χ3n) is 4.05. The van der Waals surface area contributed by atoms with Crippen molar-refractivity contribution in [2.75, 3.05) is 32.2 Å². The number of carbonyl (C=O) groups excluding carboxylic acids is 1. The number of benzene rings is 2. The van der Waals surface area contributed by atoms with Crippen LogP contribution in [0.25, 0.3) is 0 Å². The van der Waals surface area contributed by atoms with Gasteiger partial charge in [0.15, 0.2) is 17.6 Å². The summed E-state index contributed by atoms with van der Waals surface area (Å²) in [6, 6.07) is 11.5. The quantitative estimate of drug-likeness (QED) is 0.461. The van der Waals surface area contributed by atoms with E-state index in [1.807, 2.05) is 24.3 Å². The zero-order valence-electron chi connectivity index (χ0n) is 14.4. The van der Waals surface area contributed by atoms with E-state index >= 15 is 0 Å². The zero-order valence-corrected chi connectivity index (χ0v) is 14.4. The van der Waals surface area contributed by atoms with Gasteiger partial charge in [-0.15, -0.1) is 0 Å². The fourth-order valence-electron chi connectivity index (χ4n) is 2.80. The highest BCUT2D eigenvalue weighted by Gasteiger charge is 2.25. The van der Waals surface area contributed by atoms with E-state index in [9.17, 15) is 14.9 Å². The van der Waals surface area contributed by atoms with Crippen LogP contribution in [-0.2, 0) is 4.74 Å². The van der Waals surface area contributed by atoms with Crippen LogP contribution >= 0.6 is 0 Å². The van der Waals surface area contributed by atoms with Gasteiger partial charge >= 0.3 is 5.97 Å². The Bertz CT molecular complexity index is 838. The van der Waals surface area contributed by atoms with Crippen molar-refractivity contribution in [1.82, 2.24) is 0 Å². The number of hydrogen-bond donors (Lipinski definition) is 0. The van der Waals surface area contributed by atoms with Gasteiger partial charge in [0.2, 0.25) is 0 Å². The molecule has 1 atom stereocenters. The first-order chi connectivity index (χ1) is 12.5. The summed E-state index contributed by atoms with van der Waals surface area (Å²) in [6.07, 6.45) is -0.254. The number of rotatable bonds is 5. The first-order valence-corrected chi connectivity index (χ1v) is 7.96. The molecule has 1 heterocycles. The summed E-state index contributed by atoms with van der Waals surface area (Å²) in [7, 11) is 3.01. The molecule has 0 radical (unpaired) electrons. The van der Waals surface area contributed by atoms with E-state index in [4.69, 9.17) is 14.2 Å². The van der Waals surface area contributed by atoms with Crippen molar-refractivity contribution in [1.29, 1.82) is 0 Å². The number of methoxy groups -OCH3 is 1. The lowest BCUT2D eigenvalue weighted by molar-refractivity contribution is -0.384. The number of nitro groups is 1. The van der Waals surface area contributed by atoms with Crippen LogP contribution in [0.2, 0.25) is 0 Å². The minimum atomic E-state index is -0.637. The lowest BCUT2D eigenvalue weighted by Gasteiger charge is -2.31. The van der Waals surface area contributed by atoms with Crippen molar-refractivity contribution in [3.05, 3.63) is 58.1 Å². The van der Waals surface area contributed by atoms with E-state index in [-0.39, 0.29) is 17.4 Å². The lowest BCUT2D eigenvalue weighted by Crippen LogP contribution is -2.40. The van der Waals surface area contributed by atoms with Gasteiger partial charge in [-0.2, -0.15) is 0 Å². The smallest absolute Gasteiger partial charge is 0.340 e. The number of ether oxygens (including phenoxy) is 3. The number of nitrogens with zero attached hydrogens (tertiary/aromatic N) is 2. The number of carbonyl (C=O) groups is 1. The number of esters is 1. The standard InChI is InChI=1S/C18H18N2O6/c1-19(10-13-11-25-16-5-3-4-6-17(16)26-13)15-8-7-12(20(22)23)9-14(15)18(21)24-2/h3-9,13H,10-11H2,1-2H3. The average molecular weight is 358 g/mol. The molecule has 0 bridgehead atoms. The molecule has 0 fully saturated rings. The largest absolute Gasteiger partial charge is 0.486 e. The maximum absolute atomic E-state index is 12.0. The number of likely N-dealkylation sites (N-methyl/N-ethyl adjacent to an activating group) is 1. The highest BCUT2D eigenvalue weighted by Crippen LogP contribution is 2.32. The van der Waals surface area contributed by atoms with Crippen LogP contribution < -0.4 is 14.4 Å². The molecule has 3 rings (SSSR count). The molecule has 0 aliphatic carbocycles. The molecular formula is C18H18N2O6. The molecule has 26 heavy (non-hydrogen) atoms. The monoisotopic (exact) mass is 358 g/mol. The van der Waals surface area contributed by atoms with Gasteiger partial charge in [0.25, 0.3) is 5.69 Å². The van der Waals surface area contributed by atoms with Crippen LogP contribution in [0, 0.1) is 10.1 Å². The summed E-state index contributed by atoms with van der Waals surface area (Å²) in [6.45, 7) is 0.790. The Morgan fingerprint density at radius 3 is 2.73 bits per heavy atom. The van der Waals surface area contributed by atoms with E-state index in [1.165, 1.54) is 25.3 Å². The molecule has 0 saturated carbocycles. The van der Waals surface area contributed by atoms with Crippen LogP contribution in [0.4, 0.5) is 11.4 Å². The third kappa shape index (κ3) is 3.53. The number of nitro benzene ring substituents is 1. The Morgan fingerprint density at radius 2 is 2.04 bits per heavy atom. The average Bonchev–Trinajstić information content (AvgIpc) is 2.66. The second-order valence-corrected chi connectivity index (χ2v) is 5.83. The molecule has 8 nitrogen and oxygen atoms in total. The minimum absolute atomic E-state index is 0.126. The highest BCUT2D eigenvalue weighted by molar-refractivity contribution is 5.96. The topological polar surface area (TPSA) is 91.1 Å². The molecule has 0 N–H and O–H groups in total. The number of para-hydroxylation sites is 2. The molecule has 136 valence electrons. The van der Waals surface area contributed by atoms with Crippen molar-refractivity contribution in [3.8, 4) is 11.5 Å². The number of hydrogen-bond acceptors (Lipinski definition) is 7. The summed E-state index contributed by atoms with van der Waals surface area (Å²) in [5.41, 5.74) is 0.472. The molecule has 0 spiro atoms. The van der Waals surface area contributed by atoms with Crippen molar-refractivity contribution >= 4 is 17.3 Å². The van der Waals surface area contributed by atoms with E-state index in [2.05, 4.69) is 0 Å². The van der Waals surface area contributed by atoms with E-state index < -0.39 is 10.9 Å². The third-order valence-corrected chi connectivity index (χ3v) is 4.05. The van der Waals surface area contributed by atoms with Crippen LogP contribution in [-0.4, -0.2) is 44.3 Å². The van der Waals surface area contributed by atoms with Gasteiger partial charge in [-0.05, 0) is 18.2 Å². The molecule has 0 aromatic heterocycles. The maximum atomic E-state index is 12.0. The molecule has 1 unspecified atom stereocenters. The SMILES string of the molecule is COC(=O)c1cc([N+](=O)[O-])ccc1N(C)CC1COc2ccccc2O1. The second kappa shape index (κ2) is 7.30. The van der Waals surface area contributed by atoms with Gasteiger partial charge < -0.3 is 19.1 Å². The van der Waals surface area contributed by atoms with Gasteiger partial charge in [-0.3, -0.25) is 10.1 Å². The van der Waals surface area contributed by atoms with Gasteiger partial charge in [-0.1, -0.05) is 12.1 Å². The maximum Gasteiger partial charge on any atom is 0.340 e. The molecule has 8 heteroatoms. The fourth-order valence-corrected chi connectivity index (χ4v) is 2.80. The molecular weight excluding hydrogens is 340 g/mol. The van der Waals surface area contributed by atoms with Gasteiger partial charge in [-0.25, -0.2) is 4.79 Å². The second-order valence-electron chi connectivity index (χ2n) is 5.83. The van der Waals surface area contributed by atoms with Crippen LogP contribution in [0.15, 0.2) is 42.5 Å². The van der Waals surface area contributed by atoms with Gasteiger partial charge in [0.1, 0.15) is 6.61 Å². The molecule has 0 amide bonds. The van der Waals surface area contributed by atoms with Crippen molar-refractivity contribution in [2.45, 2.75) is 6.10 Å². The Balaban J connectivity index is 1.80. The first-order valence-electron chi connectivity index (χ1n) is 7.96. The Hall–Kier alpha value is -3.29. The van der Waals surface area contributed by atoms with Crippen molar-refractivity contribution in [3.63, 3.8) is 0 Å². The van der Waals surface area contributed by atoms with Gasteiger partial charge in [0.05, 0.1) is 29.8 Å². The molecule has 1 aliphatic heterocycles. The minimum Gasteiger partial charge on any atom is -0.486 e. The van der Waals surface area contributed by atoms with Crippen LogP contribution in [0.3, 0.4) is 0 Å². The van der Waals surface area contributed by atoms with Crippen molar-refractivity contribution in [2.24, 2.45) is 0 Å². The summed E-state index contributed by atoms with van der Waals surface area (Å²) in [5, 5.41) is 11.0. The number of anilines is 1. The highest BCUT2D eigenvalue weighted by atomic mass is 16.6. The summed E-state index contributed by atoms with van der Waals surface area (Å²) < 4.78 is 16.4. The van der Waals surface area contributed by atoms with E-state index in [0.29, 0.717) is 30.3 Å². The lowest BCUT2D eigenvalue weighted by atomic mass is 10.1. The number of fused-ring (bicyclic) bond motifs is 1. The van der Waals surface area contributed by atoms with Crippen LogP contribution in [0.5, 0.6) is 11.5 Å². The Kier molecular flexibility index (Phi) is 4.92. The summed E-state index contributed by atoms with van der Waals surface area (Å²) in [4.78, 5) is 24.3. The Labute approximate surface area is 150 Å². The van der Waals surface area contributed by atoms with Crippen molar-refractivity contribution < 1.29 is 23.9 Å². The van der Waals surface area contributed by atoms with Crippen LogP contribution in [0.1, 0.15) is 10.4 Å². The first kappa shape index (κ1) is 17.5. The summed E-state index contributed by atoms with van der Waals surface area (Å²) in [5.74, 6) is 0.715. The molecule has 2 aromatic rings. The fraction of sp³-hybridized carbons (Fsp3) is 0.278. The number of non-ortho nitro benzene ring substituents is 1. The van der Waals surface area contributed by atoms with E-state index in [1.54, 1.807) is 11.9 Å². The zero-order chi connectivity index (χ0) is 18.7. The molecule has 1 aliphatic rings. The normalized spacial score (nSPS) is 15.2. The van der Waals surface area contributed by atoms with E-state index in [0.717, 1.165) is 0 Å². The Morgan fingerprint density at radius 1 is 1.31 bits per heavy atom. The molecule has 0 saturated heterocycles. The summed E-state index contributed by atoms with van der Waals surface area (Å²) >= 11 is 0. The predicted molar refractivity (Wildman–Crippen MR) is 94.1 cm³/mol. The van der Waals surface area contributed by atoms with Gasteiger partial charge in [0, 0.05) is 19.2 Å². The predicted octanol–water partition coefficient (Wildman–Crippen LogP) is 2.66.